The molecule has 0 aliphatic rings. The number of phenols is 1. The highest BCUT2D eigenvalue weighted by Gasteiger charge is 2.04. The average molecular weight is 314 g/mol. The Bertz CT molecular complexity index is 405. The molecule has 0 bridgehead atoms. The Hall–Kier alpha value is -1.67. The Morgan fingerprint density at radius 2 is 1.45 bits per heavy atom. The van der Waals surface area contributed by atoms with Crippen molar-refractivity contribution in [3.8, 4) is 11.5 Å². The molecule has 0 aromatic heterocycles. The van der Waals surface area contributed by atoms with E-state index in [2.05, 4.69) is 0 Å². The molecule has 0 atom stereocenters. The molecule has 1 aromatic carbocycles. The Kier molecular flexibility index (Phi) is 9.97. The van der Waals surface area contributed by atoms with Crippen molar-refractivity contribution in [2.24, 2.45) is 0 Å². The van der Waals surface area contributed by atoms with Gasteiger partial charge in [-0.2, -0.15) is 0 Å². The minimum absolute atomic E-state index is 0.111. The number of carbonyl (C=O) groups is 1. The fourth-order valence-electron chi connectivity index (χ4n) is 1.41. The van der Waals surface area contributed by atoms with Crippen LogP contribution >= 0.6 is 0 Å². The summed E-state index contributed by atoms with van der Waals surface area (Å²) in [6.07, 6.45) is 0. The second-order valence-electron chi connectivity index (χ2n) is 4.24. The smallest absolute Gasteiger partial charge is 0.337 e. The zero-order valence-electron chi connectivity index (χ0n) is 12.7. The predicted octanol–water partition coefficient (Wildman–Crippen LogP) is 0.994. The first-order valence-electron chi connectivity index (χ1n) is 6.94. The van der Waals surface area contributed by atoms with Gasteiger partial charge in [0.1, 0.15) is 18.1 Å². The molecule has 0 spiro atoms. The van der Waals surface area contributed by atoms with Crippen LogP contribution in [0.1, 0.15) is 0 Å². The van der Waals surface area contributed by atoms with Gasteiger partial charge in [-0.05, 0) is 24.3 Å². The van der Waals surface area contributed by atoms with E-state index in [0.29, 0.717) is 45.4 Å². The third-order valence-electron chi connectivity index (χ3n) is 2.46. The maximum atomic E-state index is 11.5. The van der Waals surface area contributed by atoms with Crippen molar-refractivity contribution in [2.75, 3.05) is 53.4 Å². The molecule has 124 valence electrons. The van der Waals surface area contributed by atoms with Crippen LogP contribution in [0.25, 0.3) is 0 Å². The SMILES string of the molecule is COCCOCCOCCOCC(=O)Oc1ccc(O)cc1. The van der Waals surface area contributed by atoms with Gasteiger partial charge < -0.3 is 28.8 Å². The van der Waals surface area contributed by atoms with E-state index in [9.17, 15) is 4.79 Å². The molecular weight excluding hydrogens is 292 g/mol. The van der Waals surface area contributed by atoms with E-state index in [0.717, 1.165) is 0 Å². The van der Waals surface area contributed by atoms with Crippen LogP contribution in [0.4, 0.5) is 0 Å². The van der Waals surface area contributed by atoms with E-state index in [-0.39, 0.29) is 12.4 Å². The number of hydrogen-bond acceptors (Lipinski definition) is 7. The van der Waals surface area contributed by atoms with Crippen molar-refractivity contribution in [2.45, 2.75) is 0 Å². The van der Waals surface area contributed by atoms with Gasteiger partial charge >= 0.3 is 5.97 Å². The quantitative estimate of drug-likeness (QED) is 0.350. The number of aromatic hydroxyl groups is 1. The molecule has 22 heavy (non-hydrogen) atoms. The lowest BCUT2D eigenvalue weighted by Crippen LogP contribution is -2.18. The molecule has 0 amide bonds. The predicted molar refractivity (Wildman–Crippen MR) is 78.1 cm³/mol. The monoisotopic (exact) mass is 314 g/mol. The molecule has 7 heteroatoms. The maximum absolute atomic E-state index is 11.5. The van der Waals surface area contributed by atoms with Crippen molar-refractivity contribution >= 4 is 5.97 Å². The van der Waals surface area contributed by atoms with Gasteiger partial charge in [0.25, 0.3) is 0 Å². The molecule has 0 fully saturated rings. The number of phenolic OH excluding ortho intramolecular Hbond substituents is 1. The van der Waals surface area contributed by atoms with Crippen molar-refractivity contribution in [3.63, 3.8) is 0 Å². The van der Waals surface area contributed by atoms with Crippen LogP contribution < -0.4 is 4.74 Å². The molecule has 0 heterocycles. The van der Waals surface area contributed by atoms with Gasteiger partial charge in [0.2, 0.25) is 0 Å². The molecule has 0 radical (unpaired) electrons. The first-order chi connectivity index (χ1) is 10.7. The van der Waals surface area contributed by atoms with Crippen molar-refractivity contribution in [1.29, 1.82) is 0 Å². The van der Waals surface area contributed by atoms with Crippen LogP contribution in [0.5, 0.6) is 11.5 Å². The van der Waals surface area contributed by atoms with Gasteiger partial charge in [-0.15, -0.1) is 0 Å². The van der Waals surface area contributed by atoms with Gasteiger partial charge in [0, 0.05) is 7.11 Å². The van der Waals surface area contributed by atoms with Crippen molar-refractivity contribution < 1.29 is 33.6 Å². The number of methoxy groups -OCH3 is 1. The van der Waals surface area contributed by atoms with Crippen LogP contribution in [0, 0.1) is 0 Å². The van der Waals surface area contributed by atoms with Gasteiger partial charge in [0.05, 0.1) is 39.6 Å². The topological polar surface area (TPSA) is 83.5 Å². The largest absolute Gasteiger partial charge is 0.508 e. The fourth-order valence-corrected chi connectivity index (χ4v) is 1.41. The van der Waals surface area contributed by atoms with E-state index >= 15 is 0 Å². The maximum Gasteiger partial charge on any atom is 0.337 e. The molecule has 1 N–H and O–H groups in total. The van der Waals surface area contributed by atoms with Gasteiger partial charge in [-0.25, -0.2) is 4.79 Å². The molecule has 1 aromatic rings. The summed E-state index contributed by atoms with van der Waals surface area (Å²) in [4.78, 5) is 11.5. The standard InChI is InChI=1S/C15H22O7/c1-18-6-7-19-8-9-20-10-11-21-12-15(17)22-14-4-2-13(16)3-5-14/h2-5,16H,6-12H2,1H3. The zero-order valence-corrected chi connectivity index (χ0v) is 12.7. The normalized spacial score (nSPS) is 10.6. The number of benzene rings is 1. The minimum Gasteiger partial charge on any atom is -0.508 e. The Balaban J connectivity index is 1.93. The molecule has 1 rings (SSSR count). The van der Waals surface area contributed by atoms with Crippen LogP contribution in [0.15, 0.2) is 24.3 Å². The summed E-state index contributed by atoms with van der Waals surface area (Å²) in [5.41, 5.74) is 0. The second-order valence-corrected chi connectivity index (χ2v) is 4.24. The molecule has 0 unspecified atom stereocenters. The number of esters is 1. The average Bonchev–Trinajstić information content (AvgIpc) is 2.51. The summed E-state index contributed by atoms with van der Waals surface area (Å²) >= 11 is 0. The van der Waals surface area contributed by atoms with E-state index in [1.54, 1.807) is 7.11 Å². The third kappa shape index (κ3) is 9.30. The van der Waals surface area contributed by atoms with Crippen molar-refractivity contribution in [3.05, 3.63) is 24.3 Å². The van der Waals surface area contributed by atoms with E-state index in [1.807, 2.05) is 0 Å². The Labute approximate surface area is 129 Å². The first kappa shape index (κ1) is 18.4. The van der Waals surface area contributed by atoms with E-state index in [4.69, 9.17) is 28.8 Å². The summed E-state index contributed by atoms with van der Waals surface area (Å²) in [6.45, 7) is 2.57. The summed E-state index contributed by atoms with van der Waals surface area (Å²) in [7, 11) is 1.61. The third-order valence-corrected chi connectivity index (χ3v) is 2.46. The first-order valence-corrected chi connectivity index (χ1v) is 6.94. The molecule has 0 saturated heterocycles. The van der Waals surface area contributed by atoms with Crippen LogP contribution in [0.2, 0.25) is 0 Å². The van der Waals surface area contributed by atoms with Gasteiger partial charge in [0.15, 0.2) is 0 Å². The van der Waals surface area contributed by atoms with Crippen LogP contribution in [-0.4, -0.2) is 64.4 Å². The highest BCUT2D eigenvalue weighted by atomic mass is 16.6. The Morgan fingerprint density at radius 3 is 2.05 bits per heavy atom. The molecule has 0 aliphatic heterocycles. The van der Waals surface area contributed by atoms with Crippen LogP contribution in [0.3, 0.4) is 0 Å². The van der Waals surface area contributed by atoms with Gasteiger partial charge in [-0.1, -0.05) is 0 Å². The number of hydrogen-bond donors (Lipinski definition) is 1. The highest BCUT2D eigenvalue weighted by Crippen LogP contribution is 2.15. The molecule has 0 aliphatic carbocycles. The number of carbonyl (C=O) groups excluding carboxylic acids is 1. The van der Waals surface area contributed by atoms with E-state index < -0.39 is 5.97 Å². The number of ether oxygens (including phenoxy) is 5. The highest BCUT2D eigenvalue weighted by molar-refractivity contribution is 5.73. The molecule has 7 nitrogen and oxygen atoms in total. The summed E-state index contributed by atoms with van der Waals surface area (Å²) in [5.74, 6) is -0.0381. The van der Waals surface area contributed by atoms with Gasteiger partial charge in [-0.3, -0.25) is 0 Å². The number of rotatable bonds is 12. The van der Waals surface area contributed by atoms with Crippen LogP contribution in [-0.2, 0) is 23.7 Å². The fraction of sp³-hybridized carbons (Fsp3) is 0.533. The summed E-state index contributed by atoms with van der Waals surface area (Å²) in [6, 6.07) is 5.87. The minimum atomic E-state index is -0.506. The lowest BCUT2D eigenvalue weighted by Gasteiger charge is -2.07. The van der Waals surface area contributed by atoms with E-state index in [1.165, 1.54) is 24.3 Å². The molecular formula is C15H22O7. The molecule has 0 saturated carbocycles. The second kappa shape index (κ2) is 11.9. The summed E-state index contributed by atoms with van der Waals surface area (Å²) in [5, 5.41) is 9.10. The van der Waals surface area contributed by atoms with Crippen molar-refractivity contribution in [1.82, 2.24) is 0 Å². The summed E-state index contributed by atoms with van der Waals surface area (Å²) < 4.78 is 25.4. The lowest BCUT2D eigenvalue weighted by molar-refractivity contribution is -0.140. The Morgan fingerprint density at radius 1 is 0.909 bits per heavy atom. The lowest BCUT2D eigenvalue weighted by atomic mass is 10.3. The zero-order chi connectivity index (χ0) is 16.0.